The van der Waals surface area contributed by atoms with Crippen LogP contribution in [0.2, 0.25) is 0 Å². The van der Waals surface area contributed by atoms with Gasteiger partial charge < -0.3 is 0 Å². The van der Waals surface area contributed by atoms with Gasteiger partial charge in [0, 0.05) is 10.3 Å². The minimum atomic E-state index is -4.49. The molecule has 0 atom stereocenters. The summed E-state index contributed by atoms with van der Waals surface area (Å²) in [7, 11) is 0. The van der Waals surface area contributed by atoms with Gasteiger partial charge in [0.2, 0.25) is 0 Å². The number of ketones is 1. The van der Waals surface area contributed by atoms with Gasteiger partial charge in [-0.1, -0.05) is 39.0 Å². The van der Waals surface area contributed by atoms with Gasteiger partial charge in [0.1, 0.15) is 0 Å². The van der Waals surface area contributed by atoms with E-state index in [1.165, 1.54) is 30.0 Å². The zero-order chi connectivity index (χ0) is 14.0. The first kappa shape index (κ1) is 15.1. The first-order chi connectivity index (χ1) is 8.11. The normalized spacial score (nSPS) is 12.6. The Hall–Kier alpha value is -0.970. The summed E-state index contributed by atoms with van der Waals surface area (Å²) in [5.41, 5.74) is -1.11. The molecular weight excluding hydrogens is 261 g/mol. The monoisotopic (exact) mass is 276 g/mol. The number of carbonyl (C=O) groups excluding carboxylic acids is 1. The van der Waals surface area contributed by atoms with Crippen molar-refractivity contribution in [3.05, 3.63) is 35.4 Å². The van der Waals surface area contributed by atoms with Gasteiger partial charge in [-0.2, -0.15) is 13.2 Å². The average Bonchev–Trinajstić information content (AvgIpc) is 2.24. The third-order valence-electron chi connectivity index (χ3n) is 2.17. The Kier molecular flexibility index (Phi) is 4.48. The summed E-state index contributed by atoms with van der Waals surface area (Å²) in [5.74, 6) is -0.431. The molecular formula is C13H15F3OS. The zero-order valence-corrected chi connectivity index (χ0v) is 11.3. The van der Waals surface area contributed by atoms with Crippen LogP contribution in [0.4, 0.5) is 13.2 Å². The molecule has 0 spiro atoms. The Morgan fingerprint density at radius 2 is 1.72 bits per heavy atom. The van der Waals surface area contributed by atoms with Crippen LogP contribution in [0.1, 0.15) is 36.7 Å². The molecule has 0 saturated heterocycles. The number of Topliss-reactive ketones (excluding diaryl/α,β-unsaturated/α-hetero) is 1. The number of benzene rings is 1. The van der Waals surface area contributed by atoms with Crippen LogP contribution in [0.3, 0.4) is 0 Å². The van der Waals surface area contributed by atoms with E-state index >= 15 is 0 Å². The molecule has 1 rings (SSSR count). The number of halogens is 3. The lowest BCUT2D eigenvalue weighted by Crippen LogP contribution is -2.17. The first-order valence-corrected chi connectivity index (χ1v) is 6.43. The molecule has 0 radical (unpaired) electrons. The lowest BCUT2D eigenvalue weighted by molar-refractivity contribution is -0.137. The fourth-order valence-corrected chi connectivity index (χ4v) is 2.05. The molecule has 1 aromatic carbocycles. The molecule has 5 heteroatoms. The molecule has 1 nitrogen and oxygen atoms in total. The van der Waals surface area contributed by atoms with E-state index in [-0.39, 0.29) is 16.1 Å². The fourth-order valence-electron chi connectivity index (χ4n) is 1.33. The van der Waals surface area contributed by atoms with Crippen molar-refractivity contribution < 1.29 is 18.0 Å². The molecule has 0 saturated carbocycles. The smallest absolute Gasteiger partial charge is 0.293 e. The highest BCUT2D eigenvalue weighted by Gasteiger charge is 2.34. The summed E-state index contributed by atoms with van der Waals surface area (Å²) in [6.45, 7) is 5.75. The number of hydrogen-bond donors (Lipinski definition) is 0. The SMILES string of the molecule is CC(C)(C)SCC(=O)c1ccccc1C(F)(F)F. The van der Waals surface area contributed by atoms with E-state index in [1.54, 1.807) is 0 Å². The highest BCUT2D eigenvalue weighted by atomic mass is 32.2. The molecule has 0 bridgehead atoms. The second-order valence-electron chi connectivity index (χ2n) is 4.87. The van der Waals surface area contributed by atoms with Crippen molar-refractivity contribution in [2.45, 2.75) is 31.7 Å². The maximum Gasteiger partial charge on any atom is 0.417 e. The Bertz CT molecular complexity index is 433. The minimum absolute atomic E-state index is 0.0522. The van der Waals surface area contributed by atoms with E-state index < -0.39 is 17.5 Å². The van der Waals surface area contributed by atoms with Crippen molar-refractivity contribution in [1.82, 2.24) is 0 Å². The Balaban J connectivity index is 2.93. The van der Waals surface area contributed by atoms with Crippen molar-refractivity contribution >= 4 is 17.5 Å². The number of alkyl halides is 3. The standard InChI is InChI=1S/C13H15F3OS/c1-12(2,3)18-8-11(17)9-6-4-5-7-10(9)13(14,15)16/h4-7H,8H2,1-3H3. The summed E-state index contributed by atoms with van der Waals surface area (Å²) in [5, 5.41) is 0. The fraction of sp³-hybridized carbons (Fsp3) is 0.462. The van der Waals surface area contributed by atoms with Crippen LogP contribution in [0.5, 0.6) is 0 Å². The second-order valence-corrected chi connectivity index (χ2v) is 6.67. The van der Waals surface area contributed by atoms with Crippen LogP contribution in [0, 0.1) is 0 Å². The zero-order valence-electron chi connectivity index (χ0n) is 10.5. The molecule has 100 valence electrons. The number of thioether (sulfide) groups is 1. The summed E-state index contributed by atoms with van der Waals surface area (Å²) in [6.07, 6.45) is -4.49. The third kappa shape index (κ3) is 4.37. The van der Waals surface area contributed by atoms with Crippen LogP contribution in [0.25, 0.3) is 0 Å². The van der Waals surface area contributed by atoms with Gasteiger partial charge in [-0.15, -0.1) is 11.8 Å². The summed E-state index contributed by atoms with van der Waals surface area (Å²) in [6, 6.07) is 4.91. The molecule has 0 heterocycles. The van der Waals surface area contributed by atoms with Gasteiger partial charge in [-0.3, -0.25) is 4.79 Å². The minimum Gasteiger partial charge on any atom is -0.293 e. The summed E-state index contributed by atoms with van der Waals surface area (Å²) < 4.78 is 38.0. The highest BCUT2D eigenvalue weighted by Crippen LogP contribution is 2.33. The molecule has 1 aromatic rings. The Labute approximate surface area is 109 Å². The number of hydrogen-bond acceptors (Lipinski definition) is 2. The average molecular weight is 276 g/mol. The largest absolute Gasteiger partial charge is 0.417 e. The summed E-state index contributed by atoms with van der Waals surface area (Å²) >= 11 is 1.34. The topological polar surface area (TPSA) is 17.1 Å². The van der Waals surface area contributed by atoms with E-state index in [0.29, 0.717) is 0 Å². The van der Waals surface area contributed by atoms with Gasteiger partial charge >= 0.3 is 6.18 Å². The lowest BCUT2D eigenvalue weighted by Gasteiger charge is -2.17. The molecule has 0 aromatic heterocycles. The molecule has 0 aliphatic rings. The van der Waals surface area contributed by atoms with Crippen LogP contribution >= 0.6 is 11.8 Å². The van der Waals surface area contributed by atoms with Crippen molar-refractivity contribution in [3.8, 4) is 0 Å². The molecule has 0 aliphatic carbocycles. The van der Waals surface area contributed by atoms with Crippen LogP contribution in [0.15, 0.2) is 24.3 Å². The lowest BCUT2D eigenvalue weighted by atomic mass is 10.0. The second kappa shape index (κ2) is 5.34. The van der Waals surface area contributed by atoms with E-state index in [4.69, 9.17) is 0 Å². The first-order valence-electron chi connectivity index (χ1n) is 5.44. The number of rotatable bonds is 3. The van der Waals surface area contributed by atoms with Gasteiger partial charge in [-0.25, -0.2) is 0 Å². The van der Waals surface area contributed by atoms with Gasteiger partial charge in [-0.05, 0) is 6.07 Å². The summed E-state index contributed by atoms with van der Waals surface area (Å²) in [4.78, 5) is 11.8. The Morgan fingerprint density at radius 3 is 2.22 bits per heavy atom. The highest BCUT2D eigenvalue weighted by molar-refractivity contribution is 8.01. The van der Waals surface area contributed by atoms with E-state index in [0.717, 1.165) is 6.07 Å². The van der Waals surface area contributed by atoms with E-state index in [2.05, 4.69) is 0 Å². The molecule has 0 aliphatic heterocycles. The van der Waals surface area contributed by atoms with Crippen LogP contribution in [-0.2, 0) is 6.18 Å². The maximum absolute atomic E-state index is 12.7. The maximum atomic E-state index is 12.7. The Morgan fingerprint density at radius 1 is 1.17 bits per heavy atom. The molecule has 0 unspecified atom stereocenters. The van der Waals surface area contributed by atoms with E-state index in [1.807, 2.05) is 20.8 Å². The number of carbonyl (C=O) groups is 1. The van der Waals surface area contributed by atoms with Crippen molar-refractivity contribution in [1.29, 1.82) is 0 Å². The third-order valence-corrected chi connectivity index (χ3v) is 3.44. The van der Waals surface area contributed by atoms with Gasteiger partial charge in [0.15, 0.2) is 5.78 Å². The van der Waals surface area contributed by atoms with Crippen molar-refractivity contribution in [2.24, 2.45) is 0 Å². The predicted molar refractivity (Wildman–Crippen MR) is 68.0 cm³/mol. The van der Waals surface area contributed by atoms with Crippen LogP contribution in [-0.4, -0.2) is 16.3 Å². The van der Waals surface area contributed by atoms with Crippen molar-refractivity contribution in [2.75, 3.05) is 5.75 Å². The van der Waals surface area contributed by atoms with Gasteiger partial charge in [0.05, 0.1) is 11.3 Å². The quantitative estimate of drug-likeness (QED) is 0.760. The van der Waals surface area contributed by atoms with Crippen molar-refractivity contribution in [3.63, 3.8) is 0 Å². The molecule has 0 amide bonds. The molecule has 0 N–H and O–H groups in total. The molecule has 0 fully saturated rings. The van der Waals surface area contributed by atoms with Gasteiger partial charge in [0.25, 0.3) is 0 Å². The van der Waals surface area contributed by atoms with Crippen LogP contribution < -0.4 is 0 Å². The van der Waals surface area contributed by atoms with E-state index in [9.17, 15) is 18.0 Å². The predicted octanol–water partition coefficient (Wildman–Crippen LogP) is 4.42. The molecule has 18 heavy (non-hydrogen) atoms.